The summed E-state index contributed by atoms with van der Waals surface area (Å²) in [5.41, 5.74) is 1.15. The normalized spacial score (nSPS) is 13.3. The Hall–Kier alpha value is -0.460. The van der Waals surface area contributed by atoms with Crippen molar-refractivity contribution in [1.29, 1.82) is 0 Å². The minimum atomic E-state index is 0.602. The summed E-state index contributed by atoms with van der Waals surface area (Å²) >= 11 is 0. The van der Waals surface area contributed by atoms with Crippen molar-refractivity contribution >= 4 is 0 Å². The highest BCUT2D eigenvalue weighted by atomic mass is 14.8. The molecule has 1 N–H and O–H groups in total. The van der Waals surface area contributed by atoms with E-state index in [1.807, 2.05) is 7.05 Å². The van der Waals surface area contributed by atoms with Crippen molar-refractivity contribution in [3.63, 3.8) is 0 Å². The highest BCUT2D eigenvalue weighted by molar-refractivity contribution is 4.94. The summed E-state index contributed by atoms with van der Waals surface area (Å²) in [5.74, 6) is 1.37. The summed E-state index contributed by atoms with van der Waals surface area (Å²) in [6.07, 6.45) is 1.22. The zero-order valence-corrected chi connectivity index (χ0v) is 7.57. The van der Waals surface area contributed by atoms with Gasteiger partial charge in [0.05, 0.1) is 0 Å². The summed E-state index contributed by atoms with van der Waals surface area (Å²) in [5, 5.41) is 3.08. The molecule has 1 nitrogen and oxygen atoms in total. The molecule has 0 rings (SSSR count). The lowest BCUT2D eigenvalue weighted by Gasteiger charge is -2.15. The zero-order chi connectivity index (χ0) is 8.15. The maximum atomic E-state index is 3.92. The summed E-state index contributed by atoms with van der Waals surface area (Å²) in [6, 6.07) is 0. The number of allylic oxidation sites excluding steroid dienone is 1. The molecule has 0 aliphatic carbocycles. The molecule has 0 aromatic rings. The van der Waals surface area contributed by atoms with Crippen molar-refractivity contribution in [1.82, 2.24) is 5.32 Å². The topological polar surface area (TPSA) is 12.0 Å². The van der Waals surface area contributed by atoms with E-state index in [0.29, 0.717) is 5.92 Å². The van der Waals surface area contributed by atoms with E-state index in [1.54, 1.807) is 0 Å². The van der Waals surface area contributed by atoms with Gasteiger partial charge in [0.1, 0.15) is 0 Å². The van der Waals surface area contributed by atoms with E-state index in [0.717, 1.165) is 11.6 Å². The standard InChI is InChI=1S/C9H19N/c1-7(2)6-8(3)9(4)10-5/h7-8,10H,4,6H2,1-3,5H3. The fraction of sp³-hybridized carbons (Fsp3) is 0.778. The Morgan fingerprint density at radius 1 is 1.40 bits per heavy atom. The Morgan fingerprint density at radius 3 is 2.20 bits per heavy atom. The van der Waals surface area contributed by atoms with Gasteiger partial charge in [-0.3, -0.25) is 0 Å². The highest BCUT2D eigenvalue weighted by Gasteiger charge is 2.06. The van der Waals surface area contributed by atoms with Crippen LogP contribution in [0.15, 0.2) is 12.3 Å². The molecule has 0 aliphatic heterocycles. The van der Waals surface area contributed by atoms with Gasteiger partial charge in [-0.2, -0.15) is 0 Å². The first-order valence-electron chi connectivity index (χ1n) is 3.94. The average molecular weight is 141 g/mol. The second kappa shape index (κ2) is 4.37. The third-order valence-electron chi connectivity index (χ3n) is 1.74. The number of nitrogens with one attached hydrogen (secondary N) is 1. The van der Waals surface area contributed by atoms with Gasteiger partial charge in [0.15, 0.2) is 0 Å². The molecule has 0 radical (unpaired) electrons. The Labute approximate surface area is 64.5 Å². The Balaban J connectivity index is 3.61. The van der Waals surface area contributed by atoms with Crippen LogP contribution in [0.5, 0.6) is 0 Å². The second-order valence-electron chi connectivity index (χ2n) is 3.31. The lowest BCUT2D eigenvalue weighted by molar-refractivity contribution is 0.472. The predicted octanol–water partition coefficient (Wildman–Crippen LogP) is 2.40. The molecule has 0 aromatic heterocycles. The predicted molar refractivity (Wildman–Crippen MR) is 46.8 cm³/mol. The van der Waals surface area contributed by atoms with Crippen LogP contribution in [0, 0.1) is 11.8 Å². The summed E-state index contributed by atoms with van der Waals surface area (Å²) in [7, 11) is 1.93. The van der Waals surface area contributed by atoms with E-state index >= 15 is 0 Å². The Bertz CT molecular complexity index is 105. The summed E-state index contributed by atoms with van der Waals surface area (Å²) < 4.78 is 0. The smallest absolute Gasteiger partial charge is 0.00598 e. The molecule has 0 heterocycles. The van der Waals surface area contributed by atoms with Gasteiger partial charge in [0, 0.05) is 12.7 Å². The zero-order valence-electron chi connectivity index (χ0n) is 7.57. The molecule has 0 saturated carbocycles. The molecule has 0 bridgehead atoms. The van der Waals surface area contributed by atoms with Gasteiger partial charge in [-0.05, 0) is 18.3 Å². The van der Waals surface area contributed by atoms with Crippen LogP contribution >= 0.6 is 0 Å². The molecule has 0 aliphatic rings. The van der Waals surface area contributed by atoms with Gasteiger partial charge in [0.25, 0.3) is 0 Å². The molecule has 1 atom stereocenters. The van der Waals surface area contributed by atoms with Gasteiger partial charge in [-0.25, -0.2) is 0 Å². The van der Waals surface area contributed by atoms with E-state index in [9.17, 15) is 0 Å². The molecule has 0 fully saturated rings. The quantitative estimate of drug-likeness (QED) is 0.634. The molecule has 60 valence electrons. The van der Waals surface area contributed by atoms with Gasteiger partial charge < -0.3 is 5.32 Å². The van der Waals surface area contributed by atoms with Crippen LogP contribution in [0.3, 0.4) is 0 Å². The molecular formula is C9H19N. The van der Waals surface area contributed by atoms with Crippen molar-refractivity contribution in [3.05, 3.63) is 12.3 Å². The third kappa shape index (κ3) is 3.54. The van der Waals surface area contributed by atoms with E-state index in [4.69, 9.17) is 0 Å². The Morgan fingerprint density at radius 2 is 1.90 bits per heavy atom. The Kier molecular flexibility index (Phi) is 4.17. The van der Waals surface area contributed by atoms with E-state index in [2.05, 4.69) is 32.7 Å². The lowest BCUT2D eigenvalue weighted by Crippen LogP contribution is -2.14. The minimum Gasteiger partial charge on any atom is -0.392 e. The van der Waals surface area contributed by atoms with Gasteiger partial charge >= 0.3 is 0 Å². The first-order chi connectivity index (χ1) is 4.57. The number of hydrogen-bond donors (Lipinski definition) is 1. The molecule has 10 heavy (non-hydrogen) atoms. The number of hydrogen-bond acceptors (Lipinski definition) is 1. The minimum absolute atomic E-state index is 0.602. The molecule has 0 spiro atoms. The van der Waals surface area contributed by atoms with Gasteiger partial charge in [-0.15, -0.1) is 0 Å². The second-order valence-corrected chi connectivity index (χ2v) is 3.31. The van der Waals surface area contributed by atoms with Crippen LogP contribution in [0.2, 0.25) is 0 Å². The van der Waals surface area contributed by atoms with Crippen LogP contribution in [0.25, 0.3) is 0 Å². The van der Waals surface area contributed by atoms with Crippen molar-refractivity contribution < 1.29 is 0 Å². The number of rotatable bonds is 4. The van der Waals surface area contributed by atoms with E-state index in [-0.39, 0.29) is 0 Å². The largest absolute Gasteiger partial charge is 0.392 e. The van der Waals surface area contributed by atoms with E-state index < -0.39 is 0 Å². The van der Waals surface area contributed by atoms with Crippen molar-refractivity contribution in [2.45, 2.75) is 27.2 Å². The van der Waals surface area contributed by atoms with Crippen LogP contribution in [-0.4, -0.2) is 7.05 Å². The van der Waals surface area contributed by atoms with Crippen LogP contribution in [0.4, 0.5) is 0 Å². The van der Waals surface area contributed by atoms with Crippen molar-refractivity contribution in [2.75, 3.05) is 7.05 Å². The SMILES string of the molecule is C=C(NC)C(C)CC(C)C. The van der Waals surface area contributed by atoms with Crippen LogP contribution < -0.4 is 5.32 Å². The van der Waals surface area contributed by atoms with Crippen LogP contribution in [-0.2, 0) is 0 Å². The average Bonchev–Trinajstić information content (AvgIpc) is 1.85. The molecule has 0 amide bonds. The molecule has 0 saturated heterocycles. The molecule has 1 heteroatoms. The fourth-order valence-corrected chi connectivity index (χ4v) is 1.10. The van der Waals surface area contributed by atoms with Crippen molar-refractivity contribution in [2.24, 2.45) is 11.8 Å². The maximum Gasteiger partial charge on any atom is 0.00598 e. The summed E-state index contributed by atoms with van der Waals surface area (Å²) in [6.45, 7) is 10.6. The van der Waals surface area contributed by atoms with Crippen LogP contribution in [0.1, 0.15) is 27.2 Å². The first kappa shape index (κ1) is 9.54. The van der Waals surface area contributed by atoms with Gasteiger partial charge in [0.2, 0.25) is 0 Å². The fourth-order valence-electron chi connectivity index (χ4n) is 1.10. The third-order valence-corrected chi connectivity index (χ3v) is 1.74. The lowest BCUT2D eigenvalue weighted by atomic mass is 9.97. The highest BCUT2D eigenvalue weighted by Crippen LogP contribution is 2.15. The van der Waals surface area contributed by atoms with E-state index in [1.165, 1.54) is 6.42 Å². The summed E-state index contributed by atoms with van der Waals surface area (Å²) in [4.78, 5) is 0. The monoisotopic (exact) mass is 141 g/mol. The molecule has 0 aromatic carbocycles. The molecular weight excluding hydrogens is 122 g/mol. The first-order valence-corrected chi connectivity index (χ1v) is 3.94. The van der Waals surface area contributed by atoms with Gasteiger partial charge in [-0.1, -0.05) is 27.4 Å². The molecule has 1 unspecified atom stereocenters. The maximum absolute atomic E-state index is 3.92. The van der Waals surface area contributed by atoms with Crippen molar-refractivity contribution in [3.8, 4) is 0 Å².